The van der Waals surface area contributed by atoms with Gasteiger partial charge < -0.3 is 5.32 Å². The van der Waals surface area contributed by atoms with Gasteiger partial charge in [0.25, 0.3) is 0 Å². The maximum Gasteiger partial charge on any atom is 0.128 e. The second kappa shape index (κ2) is 7.59. The van der Waals surface area contributed by atoms with E-state index >= 15 is 0 Å². The maximum atomic E-state index is 14.2. The van der Waals surface area contributed by atoms with Crippen LogP contribution in [0.2, 0.25) is 10.0 Å². The summed E-state index contributed by atoms with van der Waals surface area (Å²) in [5.74, 6) is -0.252. The largest absolute Gasteiger partial charge is 0.306 e. The number of nitrogens with one attached hydrogen (secondary N) is 1. The van der Waals surface area contributed by atoms with E-state index in [-0.39, 0.29) is 11.9 Å². The molecule has 0 aliphatic carbocycles. The number of halogens is 4. The molecule has 1 nitrogen and oxygen atoms in total. The van der Waals surface area contributed by atoms with E-state index < -0.39 is 0 Å². The normalized spacial score (nSPS) is 12.4. The van der Waals surface area contributed by atoms with Crippen LogP contribution in [0.25, 0.3) is 0 Å². The molecule has 0 fully saturated rings. The third-order valence-electron chi connectivity index (χ3n) is 3.14. The van der Waals surface area contributed by atoms with Crippen molar-refractivity contribution in [1.29, 1.82) is 0 Å². The van der Waals surface area contributed by atoms with Gasteiger partial charge >= 0.3 is 0 Å². The average Bonchev–Trinajstić information content (AvgIpc) is 2.46. The summed E-state index contributed by atoms with van der Waals surface area (Å²) in [5, 5.41) is 4.31. The van der Waals surface area contributed by atoms with Crippen molar-refractivity contribution in [1.82, 2.24) is 5.32 Å². The minimum Gasteiger partial charge on any atom is -0.306 e. The standard InChI is InChI=1S/C16H15BrCl2FN/c1-2-7-21-16(10-3-5-13(18)14(19)8-10)12-9-11(17)4-6-15(12)20/h3-6,8-9,16,21H,2,7H2,1H3. The summed E-state index contributed by atoms with van der Waals surface area (Å²) in [6.07, 6.45) is 0.952. The van der Waals surface area contributed by atoms with E-state index in [1.54, 1.807) is 24.3 Å². The minimum atomic E-state index is -0.266. The predicted octanol–water partition coefficient (Wildman–Crippen LogP) is 5.98. The molecule has 0 saturated heterocycles. The van der Waals surface area contributed by atoms with Crippen molar-refractivity contribution in [2.75, 3.05) is 6.54 Å². The van der Waals surface area contributed by atoms with Crippen LogP contribution in [0.5, 0.6) is 0 Å². The number of benzene rings is 2. The van der Waals surface area contributed by atoms with Crippen LogP contribution in [0.3, 0.4) is 0 Å². The molecule has 0 bridgehead atoms. The van der Waals surface area contributed by atoms with Gasteiger partial charge in [-0.05, 0) is 48.9 Å². The molecule has 0 saturated carbocycles. The van der Waals surface area contributed by atoms with Crippen molar-refractivity contribution < 1.29 is 4.39 Å². The smallest absolute Gasteiger partial charge is 0.128 e. The molecule has 1 atom stereocenters. The third kappa shape index (κ3) is 4.19. The Morgan fingerprint density at radius 2 is 1.90 bits per heavy atom. The van der Waals surface area contributed by atoms with Gasteiger partial charge in [-0.25, -0.2) is 4.39 Å². The van der Waals surface area contributed by atoms with Gasteiger partial charge in [0.15, 0.2) is 0 Å². The molecule has 2 rings (SSSR count). The summed E-state index contributed by atoms with van der Waals surface area (Å²) in [4.78, 5) is 0. The molecular weight excluding hydrogens is 376 g/mol. The van der Waals surface area contributed by atoms with Crippen LogP contribution >= 0.6 is 39.1 Å². The molecule has 0 radical (unpaired) electrons. The fourth-order valence-electron chi connectivity index (χ4n) is 2.12. The summed E-state index contributed by atoms with van der Waals surface area (Å²) >= 11 is 15.4. The van der Waals surface area contributed by atoms with E-state index in [4.69, 9.17) is 23.2 Å². The molecule has 0 aliphatic heterocycles. The van der Waals surface area contributed by atoms with Crippen LogP contribution in [-0.4, -0.2) is 6.54 Å². The molecule has 1 unspecified atom stereocenters. The fourth-order valence-corrected chi connectivity index (χ4v) is 2.81. The SMILES string of the molecule is CCCNC(c1ccc(Cl)c(Cl)c1)c1cc(Br)ccc1F. The van der Waals surface area contributed by atoms with Crippen molar-refractivity contribution in [3.8, 4) is 0 Å². The highest BCUT2D eigenvalue weighted by molar-refractivity contribution is 9.10. The molecule has 2 aromatic rings. The lowest BCUT2D eigenvalue weighted by atomic mass is 9.98. The van der Waals surface area contributed by atoms with E-state index in [1.165, 1.54) is 6.07 Å². The Morgan fingerprint density at radius 1 is 1.14 bits per heavy atom. The first kappa shape index (κ1) is 16.8. The highest BCUT2D eigenvalue weighted by Crippen LogP contribution is 2.31. The summed E-state index contributed by atoms with van der Waals surface area (Å²) in [5.41, 5.74) is 1.46. The van der Waals surface area contributed by atoms with E-state index in [0.29, 0.717) is 15.6 Å². The first-order valence-corrected chi connectivity index (χ1v) is 8.21. The van der Waals surface area contributed by atoms with E-state index in [1.807, 2.05) is 6.07 Å². The number of rotatable bonds is 5. The van der Waals surface area contributed by atoms with Gasteiger partial charge in [0.1, 0.15) is 5.82 Å². The first-order valence-electron chi connectivity index (χ1n) is 6.66. The van der Waals surface area contributed by atoms with Gasteiger partial charge in [0.2, 0.25) is 0 Å². The van der Waals surface area contributed by atoms with Gasteiger partial charge in [-0.1, -0.05) is 52.1 Å². The average molecular weight is 391 g/mol. The minimum absolute atomic E-state index is 0.252. The summed E-state index contributed by atoms with van der Waals surface area (Å²) in [6, 6.07) is 10.0. The van der Waals surface area contributed by atoms with Crippen LogP contribution in [0, 0.1) is 5.82 Å². The van der Waals surface area contributed by atoms with Crippen molar-refractivity contribution in [3.05, 3.63) is 67.9 Å². The topological polar surface area (TPSA) is 12.0 Å². The van der Waals surface area contributed by atoms with Gasteiger partial charge in [0.05, 0.1) is 16.1 Å². The lowest BCUT2D eigenvalue weighted by Gasteiger charge is -2.21. The molecule has 2 aromatic carbocycles. The van der Waals surface area contributed by atoms with Crippen molar-refractivity contribution in [2.45, 2.75) is 19.4 Å². The Bertz CT molecular complexity index is 634. The van der Waals surface area contributed by atoms with E-state index in [9.17, 15) is 4.39 Å². The second-order valence-electron chi connectivity index (χ2n) is 4.73. The fraction of sp³-hybridized carbons (Fsp3) is 0.250. The molecule has 0 aromatic heterocycles. The van der Waals surface area contributed by atoms with Crippen molar-refractivity contribution in [2.24, 2.45) is 0 Å². The van der Waals surface area contributed by atoms with E-state index in [0.717, 1.165) is 23.0 Å². The van der Waals surface area contributed by atoms with Crippen LogP contribution in [-0.2, 0) is 0 Å². The number of hydrogen-bond donors (Lipinski definition) is 1. The lowest BCUT2D eigenvalue weighted by Crippen LogP contribution is -2.24. The zero-order valence-electron chi connectivity index (χ0n) is 11.5. The third-order valence-corrected chi connectivity index (χ3v) is 4.38. The first-order chi connectivity index (χ1) is 10.0. The van der Waals surface area contributed by atoms with Crippen LogP contribution in [0.1, 0.15) is 30.5 Å². The van der Waals surface area contributed by atoms with E-state index in [2.05, 4.69) is 28.2 Å². The zero-order valence-corrected chi connectivity index (χ0v) is 14.6. The molecule has 0 aliphatic rings. The lowest BCUT2D eigenvalue weighted by molar-refractivity contribution is 0.546. The zero-order chi connectivity index (χ0) is 15.4. The Kier molecular flexibility index (Phi) is 6.06. The van der Waals surface area contributed by atoms with Gasteiger partial charge in [-0.2, -0.15) is 0 Å². The molecule has 21 heavy (non-hydrogen) atoms. The summed E-state index contributed by atoms with van der Waals surface area (Å²) in [7, 11) is 0. The highest BCUT2D eigenvalue weighted by Gasteiger charge is 2.18. The van der Waals surface area contributed by atoms with Crippen LogP contribution in [0.15, 0.2) is 40.9 Å². The molecule has 0 heterocycles. The van der Waals surface area contributed by atoms with Gasteiger partial charge in [-0.3, -0.25) is 0 Å². The number of hydrogen-bond acceptors (Lipinski definition) is 1. The van der Waals surface area contributed by atoms with Crippen molar-refractivity contribution in [3.63, 3.8) is 0 Å². The Balaban J connectivity index is 2.46. The quantitative estimate of drug-likeness (QED) is 0.661. The molecular formula is C16H15BrCl2FN. The van der Waals surface area contributed by atoms with Crippen molar-refractivity contribution >= 4 is 39.1 Å². The molecule has 0 amide bonds. The Morgan fingerprint density at radius 3 is 2.57 bits per heavy atom. The van der Waals surface area contributed by atoms with Gasteiger partial charge in [0, 0.05) is 10.0 Å². The Hall–Kier alpha value is -0.610. The summed E-state index contributed by atoms with van der Waals surface area (Å²) in [6.45, 7) is 2.84. The van der Waals surface area contributed by atoms with Gasteiger partial charge in [-0.15, -0.1) is 0 Å². The molecule has 0 spiro atoms. The van der Waals surface area contributed by atoms with Crippen LogP contribution in [0.4, 0.5) is 4.39 Å². The molecule has 5 heteroatoms. The monoisotopic (exact) mass is 389 g/mol. The highest BCUT2D eigenvalue weighted by atomic mass is 79.9. The summed E-state index contributed by atoms with van der Waals surface area (Å²) < 4.78 is 15.0. The molecule has 1 N–H and O–H groups in total. The Labute approximate surface area is 142 Å². The maximum absolute atomic E-state index is 14.2. The van der Waals surface area contributed by atoms with Crippen LogP contribution < -0.4 is 5.32 Å². The molecule has 112 valence electrons. The predicted molar refractivity (Wildman–Crippen MR) is 90.7 cm³/mol. The second-order valence-corrected chi connectivity index (χ2v) is 6.46.